The molecule has 226 valence electrons. The van der Waals surface area contributed by atoms with Gasteiger partial charge in [-0.1, -0.05) is 12.1 Å². The van der Waals surface area contributed by atoms with Gasteiger partial charge in [0.05, 0.1) is 30.4 Å². The van der Waals surface area contributed by atoms with Gasteiger partial charge in [-0.2, -0.15) is 13.2 Å². The zero-order valence-electron chi connectivity index (χ0n) is 23.1. The maximum Gasteiger partial charge on any atom is 0.416 e. The quantitative estimate of drug-likeness (QED) is 0.470. The minimum Gasteiger partial charge on any atom is -0.478 e. The Balaban J connectivity index is 1.10. The summed E-state index contributed by atoms with van der Waals surface area (Å²) in [5.74, 6) is -2.10. The first-order valence-corrected chi connectivity index (χ1v) is 14.5. The molecule has 4 aliphatic rings. The molecular weight excluding hydrogens is 556 g/mol. The Kier molecular flexibility index (Phi) is 7.55. The van der Waals surface area contributed by atoms with Crippen molar-refractivity contribution in [1.29, 1.82) is 0 Å². The number of β-amino-alcohol motifs (C(OH)–C–C–N with tert-alkyl or cyclic N) is 1. The number of nitrogens with zero attached hydrogens (tertiary/aromatic N) is 2. The summed E-state index contributed by atoms with van der Waals surface area (Å²) in [6.45, 7) is 1.90. The fourth-order valence-corrected chi connectivity index (χ4v) is 7.09. The summed E-state index contributed by atoms with van der Waals surface area (Å²) < 4.78 is 60.3. The number of fused-ring (bicyclic) bond motifs is 1. The minimum atomic E-state index is -4.52. The van der Waals surface area contributed by atoms with E-state index >= 15 is 0 Å². The van der Waals surface area contributed by atoms with Crippen LogP contribution in [-0.4, -0.2) is 69.8 Å². The number of hydrogen-bond acceptors (Lipinski definition) is 5. The zero-order valence-corrected chi connectivity index (χ0v) is 23.1. The number of carboxylic acids is 1. The molecule has 6 rings (SSSR count). The van der Waals surface area contributed by atoms with Crippen LogP contribution in [-0.2, 0) is 22.3 Å². The predicted molar refractivity (Wildman–Crippen MR) is 143 cm³/mol. The Labute approximate surface area is 241 Å². The van der Waals surface area contributed by atoms with Gasteiger partial charge in [0.1, 0.15) is 11.4 Å². The lowest BCUT2D eigenvalue weighted by Crippen LogP contribution is -2.59. The second-order valence-corrected chi connectivity index (χ2v) is 12.1. The number of amides is 1. The van der Waals surface area contributed by atoms with E-state index in [0.29, 0.717) is 24.2 Å². The lowest BCUT2D eigenvalue weighted by atomic mass is 9.83. The van der Waals surface area contributed by atoms with Gasteiger partial charge in [-0.25, -0.2) is 9.18 Å². The van der Waals surface area contributed by atoms with Gasteiger partial charge in [0.2, 0.25) is 0 Å². The normalized spacial score (nSPS) is 27.5. The van der Waals surface area contributed by atoms with Crippen LogP contribution >= 0.6 is 0 Å². The summed E-state index contributed by atoms with van der Waals surface area (Å²) in [5.41, 5.74) is -0.616. The highest BCUT2D eigenvalue weighted by Crippen LogP contribution is 2.49. The Bertz CT molecular complexity index is 1360. The van der Waals surface area contributed by atoms with E-state index in [9.17, 15) is 37.4 Å². The number of halogens is 4. The van der Waals surface area contributed by atoms with Crippen molar-refractivity contribution in [3.63, 3.8) is 0 Å². The van der Waals surface area contributed by atoms with E-state index in [1.807, 2.05) is 0 Å². The summed E-state index contributed by atoms with van der Waals surface area (Å²) in [4.78, 5) is 29.1. The Morgan fingerprint density at radius 2 is 1.74 bits per heavy atom. The molecule has 0 spiro atoms. The SMILES string of the molecule is O=C(O)c1cc(C2CCN(C3CC[C@@](C(=O)N4Cc5cc(C(F)(F)F)ccc5C(O)C4)(C4CC4)OC3)CC2)ccc1F. The topological polar surface area (TPSA) is 90.3 Å². The Morgan fingerprint density at radius 1 is 1.00 bits per heavy atom. The molecule has 3 aliphatic heterocycles. The molecule has 7 nitrogen and oxygen atoms in total. The van der Waals surface area contributed by atoms with Gasteiger partial charge in [-0.3, -0.25) is 9.69 Å². The number of benzene rings is 2. The molecule has 1 saturated carbocycles. The molecule has 3 atom stereocenters. The molecule has 3 fully saturated rings. The van der Waals surface area contributed by atoms with Crippen LogP contribution < -0.4 is 0 Å². The lowest BCUT2D eigenvalue weighted by Gasteiger charge is -2.47. The van der Waals surface area contributed by atoms with Gasteiger partial charge in [0.15, 0.2) is 0 Å². The van der Waals surface area contributed by atoms with Crippen molar-refractivity contribution < 1.29 is 42.1 Å². The number of rotatable bonds is 5. The summed E-state index contributed by atoms with van der Waals surface area (Å²) in [5, 5.41) is 20.0. The van der Waals surface area contributed by atoms with Crippen LogP contribution in [0.4, 0.5) is 17.6 Å². The molecule has 3 heterocycles. The number of hydrogen-bond donors (Lipinski definition) is 2. The van der Waals surface area contributed by atoms with Gasteiger partial charge in [-0.15, -0.1) is 0 Å². The zero-order chi connectivity index (χ0) is 29.8. The highest BCUT2D eigenvalue weighted by Gasteiger charge is 2.56. The predicted octanol–water partition coefficient (Wildman–Crippen LogP) is 5.13. The molecule has 1 amide bonds. The molecule has 0 aromatic heterocycles. The fourth-order valence-electron chi connectivity index (χ4n) is 7.09. The van der Waals surface area contributed by atoms with E-state index in [0.717, 1.165) is 62.9 Å². The first-order chi connectivity index (χ1) is 20.0. The van der Waals surface area contributed by atoms with Crippen molar-refractivity contribution in [2.75, 3.05) is 26.2 Å². The molecule has 11 heteroatoms. The van der Waals surface area contributed by atoms with Gasteiger partial charge in [0.25, 0.3) is 5.91 Å². The van der Waals surface area contributed by atoms with E-state index in [-0.39, 0.29) is 42.4 Å². The average Bonchev–Trinajstić information content (AvgIpc) is 3.83. The van der Waals surface area contributed by atoms with E-state index < -0.39 is 35.2 Å². The number of likely N-dealkylation sites (tertiary alicyclic amines) is 1. The third-order valence-corrected chi connectivity index (χ3v) is 9.59. The third kappa shape index (κ3) is 5.42. The summed E-state index contributed by atoms with van der Waals surface area (Å²) in [6.07, 6.45) is -1.07. The monoisotopic (exact) mass is 590 g/mol. The Hall–Kier alpha value is -3.02. The molecule has 0 bridgehead atoms. The summed E-state index contributed by atoms with van der Waals surface area (Å²) in [6, 6.07) is 7.69. The van der Waals surface area contributed by atoms with Crippen LogP contribution in [0, 0.1) is 11.7 Å². The van der Waals surface area contributed by atoms with Crippen LogP contribution in [0.1, 0.15) is 83.2 Å². The van der Waals surface area contributed by atoms with Crippen LogP contribution in [0.2, 0.25) is 0 Å². The number of aromatic carboxylic acids is 1. The van der Waals surface area contributed by atoms with Gasteiger partial charge < -0.3 is 19.8 Å². The van der Waals surface area contributed by atoms with Crippen molar-refractivity contribution in [1.82, 2.24) is 9.80 Å². The van der Waals surface area contributed by atoms with Crippen molar-refractivity contribution in [3.05, 3.63) is 70.0 Å². The number of piperidine rings is 1. The molecule has 2 N–H and O–H groups in total. The van der Waals surface area contributed by atoms with Gasteiger partial charge in [-0.05, 0) is 104 Å². The van der Waals surface area contributed by atoms with Crippen LogP contribution in [0.5, 0.6) is 0 Å². The van der Waals surface area contributed by atoms with Crippen molar-refractivity contribution in [2.45, 2.75) is 74.9 Å². The maximum atomic E-state index is 14.0. The first kappa shape index (κ1) is 29.1. The second kappa shape index (κ2) is 10.9. The third-order valence-electron chi connectivity index (χ3n) is 9.59. The lowest BCUT2D eigenvalue weighted by molar-refractivity contribution is -0.178. The van der Waals surface area contributed by atoms with E-state index in [2.05, 4.69) is 4.90 Å². The smallest absolute Gasteiger partial charge is 0.416 e. The second-order valence-electron chi connectivity index (χ2n) is 12.1. The number of carboxylic acid groups (broad SMARTS) is 1. The van der Waals surface area contributed by atoms with Crippen LogP contribution in [0.15, 0.2) is 36.4 Å². The molecule has 2 aromatic carbocycles. The van der Waals surface area contributed by atoms with Gasteiger partial charge >= 0.3 is 12.1 Å². The van der Waals surface area contributed by atoms with Crippen molar-refractivity contribution >= 4 is 11.9 Å². The van der Waals surface area contributed by atoms with Gasteiger partial charge in [0, 0.05) is 12.6 Å². The number of aliphatic hydroxyl groups is 1. The molecule has 2 unspecified atom stereocenters. The number of carbonyl (C=O) groups is 2. The molecule has 1 aliphatic carbocycles. The molecule has 2 saturated heterocycles. The van der Waals surface area contributed by atoms with E-state index in [4.69, 9.17) is 4.74 Å². The number of carbonyl (C=O) groups excluding carboxylic acids is 1. The highest BCUT2D eigenvalue weighted by molar-refractivity contribution is 5.88. The van der Waals surface area contributed by atoms with E-state index in [1.54, 1.807) is 6.07 Å². The molecule has 42 heavy (non-hydrogen) atoms. The maximum absolute atomic E-state index is 14.0. The van der Waals surface area contributed by atoms with Crippen LogP contribution in [0.3, 0.4) is 0 Å². The standard InChI is InChI=1S/C31H34F4N2O5/c32-26-6-1-19(14-25(26)28(39)40)18-8-11-36(12-9-18)23-7-10-30(42-17-23,21-2-3-21)29(41)37-15-20-13-22(31(33,34)35)4-5-24(20)27(38)16-37/h1,4-6,13-14,18,21,23,27,38H,2-3,7-12,15-17H2,(H,39,40)/t23?,27?,30-/m0/s1. The molecule has 0 radical (unpaired) electrons. The Morgan fingerprint density at radius 3 is 2.36 bits per heavy atom. The fraction of sp³-hybridized carbons (Fsp3) is 0.548. The van der Waals surface area contributed by atoms with Crippen molar-refractivity contribution in [2.24, 2.45) is 5.92 Å². The first-order valence-electron chi connectivity index (χ1n) is 14.5. The number of alkyl halides is 3. The van der Waals surface area contributed by atoms with Crippen molar-refractivity contribution in [3.8, 4) is 0 Å². The minimum absolute atomic E-state index is 0.00308. The van der Waals surface area contributed by atoms with E-state index in [1.165, 1.54) is 23.1 Å². The summed E-state index contributed by atoms with van der Waals surface area (Å²) >= 11 is 0. The average molecular weight is 591 g/mol. The number of aliphatic hydroxyl groups excluding tert-OH is 1. The molecule has 2 aromatic rings. The highest BCUT2D eigenvalue weighted by atomic mass is 19.4. The van der Waals surface area contributed by atoms with Crippen LogP contribution in [0.25, 0.3) is 0 Å². The largest absolute Gasteiger partial charge is 0.478 e. The molecular formula is C31H34F4N2O5. The number of ether oxygens (including phenoxy) is 1. The summed E-state index contributed by atoms with van der Waals surface area (Å²) in [7, 11) is 0.